The van der Waals surface area contributed by atoms with E-state index in [0.29, 0.717) is 19.1 Å². The first-order valence-electron chi connectivity index (χ1n) is 23.7. The van der Waals surface area contributed by atoms with Gasteiger partial charge in [0.2, 0.25) is 0 Å². The van der Waals surface area contributed by atoms with Gasteiger partial charge in [-0.2, -0.15) is 0 Å². The highest BCUT2D eigenvalue weighted by Crippen LogP contribution is 2.28. The second-order valence-electron chi connectivity index (χ2n) is 18.1. The van der Waals surface area contributed by atoms with Crippen LogP contribution in [-0.2, 0) is 19.1 Å². The fourth-order valence-corrected chi connectivity index (χ4v) is 7.58. The molecule has 0 spiro atoms. The first kappa shape index (κ1) is 52.9. The largest absolute Gasteiger partial charge is 0.465 e. The molecule has 0 amide bonds. The third-order valence-electron chi connectivity index (χ3n) is 11.7. The summed E-state index contributed by atoms with van der Waals surface area (Å²) in [5.74, 6) is 0.639. The van der Waals surface area contributed by atoms with Crippen LogP contribution in [0.25, 0.3) is 0 Å². The maximum absolute atomic E-state index is 13.0. The van der Waals surface area contributed by atoms with Gasteiger partial charge in [-0.15, -0.1) is 0 Å². The summed E-state index contributed by atoms with van der Waals surface area (Å²) >= 11 is 0. The Kier molecular flexibility index (Phi) is 35.5. The lowest BCUT2D eigenvalue weighted by Crippen LogP contribution is -2.28. The molecule has 0 saturated heterocycles. The number of carbonyl (C=O) groups is 2. The van der Waals surface area contributed by atoms with Crippen LogP contribution in [0.3, 0.4) is 0 Å². The van der Waals surface area contributed by atoms with Gasteiger partial charge in [0.1, 0.15) is 0 Å². The van der Waals surface area contributed by atoms with E-state index in [1.54, 1.807) is 0 Å². The molecule has 0 aliphatic carbocycles. The fourth-order valence-electron chi connectivity index (χ4n) is 7.58. The standard InChI is InChI=1S/C48H95NO5/c1-8-11-14-17-18-23-32-42-53-45(51)47(4,5)36-26-19-21-28-38-49(40-30-31-41-50)39-29-22-20-27-37-48(6,7)46(52)54-43-35-44(33-24-15-12-9-2)34-25-16-13-10-3/h44,50H,8-43H2,1-7H3. The quantitative estimate of drug-likeness (QED) is 0.0493. The van der Waals surface area contributed by atoms with Crippen molar-refractivity contribution in [3.8, 4) is 0 Å². The highest BCUT2D eigenvalue weighted by molar-refractivity contribution is 5.76. The minimum atomic E-state index is -0.420. The zero-order chi connectivity index (χ0) is 40.2. The molecule has 0 saturated carbocycles. The number of ether oxygens (including phenoxy) is 2. The third-order valence-corrected chi connectivity index (χ3v) is 11.7. The molecule has 0 aromatic rings. The molecule has 0 aliphatic heterocycles. The zero-order valence-corrected chi connectivity index (χ0v) is 37.6. The highest BCUT2D eigenvalue weighted by Gasteiger charge is 2.29. The molecule has 6 heteroatoms. The topological polar surface area (TPSA) is 76.1 Å². The van der Waals surface area contributed by atoms with E-state index in [1.165, 1.54) is 122 Å². The summed E-state index contributed by atoms with van der Waals surface area (Å²) in [6.07, 6.45) is 35.5. The van der Waals surface area contributed by atoms with Gasteiger partial charge in [-0.05, 0) is 105 Å². The van der Waals surface area contributed by atoms with Crippen LogP contribution in [0.2, 0.25) is 0 Å². The van der Waals surface area contributed by atoms with E-state index < -0.39 is 10.8 Å². The first-order valence-corrected chi connectivity index (χ1v) is 23.7. The number of nitrogens with zero attached hydrogens (tertiary/aromatic N) is 1. The van der Waals surface area contributed by atoms with E-state index in [-0.39, 0.29) is 18.5 Å². The van der Waals surface area contributed by atoms with Crippen molar-refractivity contribution >= 4 is 11.9 Å². The molecule has 0 unspecified atom stereocenters. The van der Waals surface area contributed by atoms with E-state index >= 15 is 0 Å². The summed E-state index contributed by atoms with van der Waals surface area (Å²) in [7, 11) is 0. The predicted octanol–water partition coefficient (Wildman–Crippen LogP) is 13.8. The van der Waals surface area contributed by atoms with Crippen molar-refractivity contribution < 1.29 is 24.2 Å². The Morgan fingerprint density at radius 2 is 0.833 bits per heavy atom. The van der Waals surface area contributed by atoms with Crippen LogP contribution >= 0.6 is 0 Å². The molecule has 0 rings (SSSR count). The van der Waals surface area contributed by atoms with Crippen molar-refractivity contribution in [3.05, 3.63) is 0 Å². The van der Waals surface area contributed by atoms with Crippen LogP contribution < -0.4 is 0 Å². The van der Waals surface area contributed by atoms with Crippen molar-refractivity contribution in [1.82, 2.24) is 4.90 Å². The molecule has 0 aromatic carbocycles. The van der Waals surface area contributed by atoms with Gasteiger partial charge in [-0.25, -0.2) is 0 Å². The molecule has 0 fully saturated rings. The number of hydrogen-bond donors (Lipinski definition) is 1. The Morgan fingerprint density at radius 1 is 0.463 bits per heavy atom. The molecule has 0 heterocycles. The van der Waals surface area contributed by atoms with Crippen LogP contribution in [0, 0.1) is 16.7 Å². The molecule has 6 nitrogen and oxygen atoms in total. The summed E-state index contributed by atoms with van der Waals surface area (Å²) in [5.41, 5.74) is -0.825. The fraction of sp³-hybridized carbons (Fsp3) is 0.958. The number of unbranched alkanes of at least 4 members (excludes halogenated alkanes) is 19. The van der Waals surface area contributed by atoms with Gasteiger partial charge in [-0.3, -0.25) is 9.59 Å². The van der Waals surface area contributed by atoms with Gasteiger partial charge in [-0.1, -0.05) is 162 Å². The van der Waals surface area contributed by atoms with Gasteiger partial charge in [0.05, 0.1) is 24.0 Å². The van der Waals surface area contributed by atoms with E-state index in [4.69, 9.17) is 9.47 Å². The molecule has 0 atom stereocenters. The highest BCUT2D eigenvalue weighted by atomic mass is 16.5. The average Bonchev–Trinajstić information content (AvgIpc) is 3.14. The van der Waals surface area contributed by atoms with Gasteiger partial charge >= 0.3 is 11.9 Å². The number of carbonyl (C=O) groups excluding carboxylic acids is 2. The van der Waals surface area contributed by atoms with Crippen LogP contribution in [0.15, 0.2) is 0 Å². The third kappa shape index (κ3) is 31.0. The summed E-state index contributed by atoms with van der Waals surface area (Å²) < 4.78 is 11.5. The monoisotopic (exact) mass is 766 g/mol. The maximum atomic E-state index is 13.0. The van der Waals surface area contributed by atoms with Gasteiger partial charge < -0.3 is 19.5 Å². The molecule has 0 aromatic heterocycles. The molecule has 0 aliphatic rings. The molecular weight excluding hydrogens is 671 g/mol. The minimum Gasteiger partial charge on any atom is -0.465 e. The first-order chi connectivity index (χ1) is 26.0. The molecular formula is C48H95NO5. The number of aliphatic hydroxyl groups excluding tert-OH is 1. The maximum Gasteiger partial charge on any atom is 0.311 e. The van der Waals surface area contributed by atoms with Crippen molar-refractivity contribution in [2.45, 2.75) is 241 Å². The zero-order valence-electron chi connectivity index (χ0n) is 37.6. The Morgan fingerprint density at radius 3 is 1.30 bits per heavy atom. The lowest BCUT2D eigenvalue weighted by molar-refractivity contribution is -0.155. The number of aliphatic hydroxyl groups is 1. The van der Waals surface area contributed by atoms with Crippen LogP contribution in [-0.4, -0.2) is 61.4 Å². The Bertz CT molecular complexity index is 831. The predicted molar refractivity (Wildman–Crippen MR) is 232 cm³/mol. The van der Waals surface area contributed by atoms with E-state index in [2.05, 4.69) is 39.5 Å². The average molecular weight is 766 g/mol. The SMILES string of the molecule is CCCCCCCCCOC(=O)C(C)(C)CCCCCCN(CCCCO)CCCCCCC(C)(C)C(=O)OCCC(CCCCCC)CCCCCC. The van der Waals surface area contributed by atoms with Crippen molar-refractivity contribution in [2.75, 3.05) is 39.5 Å². The normalized spacial score (nSPS) is 12.3. The lowest BCUT2D eigenvalue weighted by atomic mass is 9.87. The van der Waals surface area contributed by atoms with Crippen LogP contribution in [0.4, 0.5) is 0 Å². The van der Waals surface area contributed by atoms with Crippen molar-refractivity contribution in [1.29, 1.82) is 0 Å². The van der Waals surface area contributed by atoms with E-state index in [1.807, 2.05) is 13.8 Å². The van der Waals surface area contributed by atoms with Gasteiger partial charge in [0, 0.05) is 6.61 Å². The Hall–Kier alpha value is -1.14. The number of rotatable bonds is 41. The lowest BCUT2D eigenvalue weighted by Gasteiger charge is -2.24. The number of hydrogen-bond acceptors (Lipinski definition) is 6. The minimum absolute atomic E-state index is 0.0180. The second kappa shape index (κ2) is 36.2. The molecule has 0 radical (unpaired) electrons. The molecule has 54 heavy (non-hydrogen) atoms. The van der Waals surface area contributed by atoms with Crippen molar-refractivity contribution in [3.63, 3.8) is 0 Å². The molecule has 322 valence electrons. The Labute approximate surface area is 337 Å². The van der Waals surface area contributed by atoms with Crippen molar-refractivity contribution in [2.24, 2.45) is 16.7 Å². The van der Waals surface area contributed by atoms with E-state index in [9.17, 15) is 14.7 Å². The summed E-state index contributed by atoms with van der Waals surface area (Å²) in [6, 6.07) is 0. The van der Waals surface area contributed by atoms with Gasteiger partial charge in [0.15, 0.2) is 0 Å². The van der Waals surface area contributed by atoms with Crippen LogP contribution in [0.5, 0.6) is 0 Å². The Balaban J connectivity index is 4.33. The second-order valence-corrected chi connectivity index (χ2v) is 18.1. The molecule has 1 N–H and O–H groups in total. The summed E-state index contributed by atoms with van der Waals surface area (Å²) in [6.45, 7) is 19.7. The van der Waals surface area contributed by atoms with E-state index in [0.717, 1.165) is 90.3 Å². The smallest absolute Gasteiger partial charge is 0.311 e. The number of esters is 2. The molecule has 0 bridgehead atoms. The van der Waals surface area contributed by atoms with Crippen LogP contribution in [0.1, 0.15) is 241 Å². The summed E-state index contributed by atoms with van der Waals surface area (Å²) in [4.78, 5) is 28.3. The summed E-state index contributed by atoms with van der Waals surface area (Å²) in [5, 5.41) is 9.33. The van der Waals surface area contributed by atoms with Gasteiger partial charge in [0.25, 0.3) is 0 Å².